The molecule has 274 valence electrons. The van der Waals surface area contributed by atoms with Crippen LogP contribution >= 0.6 is 0 Å². The number of ether oxygens (including phenoxy) is 1. The number of aryl methyl sites for hydroxylation is 1. The second-order valence-electron chi connectivity index (χ2n) is 16.1. The lowest BCUT2D eigenvalue weighted by Crippen LogP contribution is -2.50. The lowest BCUT2D eigenvalue weighted by molar-refractivity contribution is -0.361. The number of hydrogen-bond acceptors (Lipinski definition) is 3. The second-order valence-corrected chi connectivity index (χ2v) is 16.1. The van der Waals surface area contributed by atoms with E-state index in [4.69, 9.17) is 4.74 Å². The van der Waals surface area contributed by atoms with Gasteiger partial charge in [0.25, 0.3) is 0 Å². The minimum atomic E-state index is -4.22. The molecule has 0 bridgehead atoms. The highest BCUT2D eigenvalue weighted by atomic mass is 19.2. The number of nitrogens with one attached hydrogen (secondary N) is 1. The molecule has 1 aromatic heterocycles. The average molecular weight is 691 g/mol. The van der Waals surface area contributed by atoms with E-state index in [0.29, 0.717) is 29.3 Å². The summed E-state index contributed by atoms with van der Waals surface area (Å²) in [6, 6.07) is 7.74. The Morgan fingerprint density at radius 2 is 1.54 bits per heavy atom. The highest BCUT2D eigenvalue weighted by Gasteiger charge is 2.53. The second kappa shape index (κ2) is 16.3. The van der Waals surface area contributed by atoms with Crippen molar-refractivity contribution in [1.29, 1.82) is 0 Å². The lowest BCUT2D eigenvalue weighted by atomic mass is 9.78. The molecule has 4 rings (SSSR count). The summed E-state index contributed by atoms with van der Waals surface area (Å²) < 4.78 is 41.8. The number of nitrogens with zero attached hydrogens (tertiary/aromatic N) is 3. The summed E-state index contributed by atoms with van der Waals surface area (Å²) in [6.45, 7) is 18.7. The number of allylic oxidation sites excluding steroid dienone is 3. The van der Waals surface area contributed by atoms with Gasteiger partial charge in [0.2, 0.25) is 5.91 Å². The third-order valence-corrected chi connectivity index (χ3v) is 9.92. The molecule has 3 heterocycles. The number of methoxy groups -OCH3 is 1. The van der Waals surface area contributed by atoms with Crippen LogP contribution in [-0.4, -0.2) is 65.7 Å². The molecule has 2 aromatic rings. The predicted octanol–water partition coefficient (Wildman–Crippen LogP) is 9.14. The molecule has 0 spiro atoms. The number of benzene rings is 1. The van der Waals surface area contributed by atoms with E-state index in [9.17, 15) is 4.79 Å². The van der Waals surface area contributed by atoms with Crippen molar-refractivity contribution >= 4 is 30.7 Å². The zero-order chi connectivity index (χ0) is 36.9. The van der Waals surface area contributed by atoms with Crippen LogP contribution < -0.4 is 10.1 Å². The van der Waals surface area contributed by atoms with Crippen LogP contribution in [0.5, 0.6) is 5.75 Å². The number of hydrogen-bond donors (Lipinski definition) is 1. The van der Waals surface area contributed by atoms with Crippen LogP contribution in [0.25, 0.3) is 12.2 Å². The van der Waals surface area contributed by atoms with Gasteiger partial charge in [-0.05, 0) is 92.5 Å². The third kappa shape index (κ3) is 8.88. The summed E-state index contributed by atoms with van der Waals surface area (Å²) in [5, 5.41) is 3.02. The molecule has 0 saturated carbocycles. The van der Waals surface area contributed by atoms with Crippen molar-refractivity contribution in [3.8, 4) is 5.75 Å². The van der Waals surface area contributed by atoms with Gasteiger partial charge in [0.05, 0.1) is 7.11 Å². The van der Waals surface area contributed by atoms with Gasteiger partial charge in [-0.15, -0.1) is 0 Å². The third-order valence-electron chi connectivity index (χ3n) is 9.92. The van der Waals surface area contributed by atoms with Crippen molar-refractivity contribution in [2.75, 3.05) is 33.3 Å². The van der Waals surface area contributed by atoms with Gasteiger partial charge in [0.15, 0.2) is 11.4 Å². The molecule has 6 nitrogen and oxygen atoms in total. The van der Waals surface area contributed by atoms with Gasteiger partial charge < -0.3 is 32.5 Å². The molecule has 1 amide bonds. The van der Waals surface area contributed by atoms with E-state index < -0.39 is 6.97 Å². The number of carbonyl (C=O) groups excluding carboxylic acids is 1. The van der Waals surface area contributed by atoms with Crippen molar-refractivity contribution in [3.05, 3.63) is 75.8 Å². The van der Waals surface area contributed by atoms with Gasteiger partial charge in [-0.1, -0.05) is 80.4 Å². The fourth-order valence-corrected chi connectivity index (χ4v) is 7.17. The molecular weight excluding hydrogens is 629 g/mol. The van der Waals surface area contributed by atoms with Crippen molar-refractivity contribution in [2.24, 2.45) is 0 Å². The Balaban J connectivity index is 1.55. The van der Waals surface area contributed by atoms with Gasteiger partial charge in [0, 0.05) is 53.6 Å². The number of rotatable bonds is 16. The summed E-state index contributed by atoms with van der Waals surface area (Å²) in [6.07, 6.45) is 13.4. The van der Waals surface area contributed by atoms with Crippen molar-refractivity contribution < 1.29 is 22.6 Å². The largest absolute Gasteiger partial charge is 0.737 e. The summed E-state index contributed by atoms with van der Waals surface area (Å²) >= 11 is 0. The van der Waals surface area contributed by atoms with E-state index in [-0.39, 0.29) is 29.6 Å². The van der Waals surface area contributed by atoms with Crippen LogP contribution in [0.4, 0.5) is 8.63 Å². The van der Waals surface area contributed by atoms with Crippen LogP contribution in [0.15, 0.2) is 47.7 Å². The van der Waals surface area contributed by atoms with Gasteiger partial charge in [-0.3, -0.25) is 4.79 Å². The molecule has 50 heavy (non-hydrogen) atoms. The van der Waals surface area contributed by atoms with E-state index in [1.807, 2.05) is 25.2 Å². The molecule has 9 heteroatoms. The Morgan fingerprint density at radius 3 is 2.14 bits per heavy atom. The van der Waals surface area contributed by atoms with E-state index in [1.165, 1.54) is 30.2 Å². The quantitative estimate of drug-likeness (QED) is 0.141. The first kappa shape index (κ1) is 39.3. The normalized spacial score (nSPS) is 15.8. The van der Waals surface area contributed by atoms with Crippen LogP contribution in [-0.2, 0) is 22.0 Å². The molecule has 0 atom stereocenters. The predicted molar refractivity (Wildman–Crippen MR) is 206 cm³/mol. The average Bonchev–Trinajstić information content (AvgIpc) is 3.61. The monoisotopic (exact) mass is 690 g/mol. The van der Waals surface area contributed by atoms with Crippen LogP contribution in [0.3, 0.4) is 0 Å². The van der Waals surface area contributed by atoms with Gasteiger partial charge in [0.1, 0.15) is 5.75 Å². The molecule has 0 saturated heterocycles. The number of halogens is 2. The van der Waals surface area contributed by atoms with E-state index in [1.54, 1.807) is 25.3 Å². The summed E-state index contributed by atoms with van der Waals surface area (Å²) in [7, 11) is 1.68. The maximum absolute atomic E-state index is 16.7. The smallest absolute Gasteiger partial charge is 0.496 e. The van der Waals surface area contributed by atoms with Crippen LogP contribution in [0.2, 0.25) is 0 Å². The van der Waals surface area contributed by atoms with Crippen molar-refractivity contribution in [3.63, 3.8) is 0 Å². The molecule has 1 N–H and O–H groups in total. The number of carbonyl (C=O) groups is 1. The van der Waals surface area contributed by atoms with E-state index in [0.717, 1.165) is 58.5 Å². The van der Waals surface area contributed by atoms with Crippen molar-refractivity contribution in [2.45, 2.75) is 118 Å². The molecule has 2 aliphatic rings. The zero-order valence-corrected chi connectivity index (χ0v) is 32.4. The summed E-state index contributed by atoms with van der Waals surface area (Å²) in [5.41, 5.74) is 5.34. The van der Waals surface area contributed by atoms with Crippen LogP contribution in [0.1, 0.15) is 129 Å². The van der Waals surface area contributed by atoms with E-state index in [2.05, 4.69) is 77.7 Å². The van der Waals surface area contributed by atoms with Crippen molar-refractivity contribution in [1.82, 2.24) is 14.7 Å². The lowest BCUT2D eigenvalue weighted by Gasteiger charge is -2.31. The topological polar surface area (TPSA) is 49.5 Å². The first-order valence-electron chi connectivity index (χ1n) is 18.7. The van der Waals surface area contributed by atoms with E-state index >= 15 is 8.63 Å². The Kier molecular flexibility index (Phi) is 12.8. The fourth-order valence-electron chi connectivity index (χ4n) is 7.17. The zero-order valence-electron chi connectivity index (χ0n) is 32.4. The van der Waals surface area contributed by atoms with Crippen LogP contribution in [0, 0.1) is 0 Å². The molecule has 0 fully saturated rings. The highest BCUT2D eigenvalue weighted by molar-refractivity contribution is 6.58. The summed E-state index contributed by atoms with van der Waals surface area (Å²) in [5.74, 6) is 0.665. The molecule has 1 aromatic carbocycles. The number of unbranched alkanes of at least 4 members (excludes halogenated alkanes) is 2. The van der Waals surface area contributed by atoms with Gasteiger partial charge >= 0.3 is 6.97 Å². The Hall–Kier alpha value is -3.46. The van der Waals surface area contributed by atoms with Gasteiger partial charge in [-0.25, -0.2) is 0 Å². The highest BCUT2D eigenvalue weighted by Crippen LogP contribution is 2.41. The number of aromatic nitrogens is 1. The molecule has 0 aliphatic carbocycles. The standard InChI is InChI=1S/C41H61BF2N4O2/c1-11-13-25-46(26-14-12-2)27-15-24-45-38(49)23-19-31-16-17-33-29-37-30(3)28-32(48(37)42(43,44)47(31)33)18-20-34-35(40(4,5)6)21-22-36(39(34)50-10)41(7,8)9/h16-18,20-22,28-29H,11-15,19,23-27H2,1-10H3,(H,45,49)/b20-18+. The minimum absolute atomic E-state index is 0.105. The molecule has 0 radical (unpaired) electrons. The number of amides is 1. The maximum Gasteiger partial charge on any atom is 0.737 e. The Bertz CT molecular complexity index is 1650. The van der Waals surface area contributed by atoms with Gasteiger partial charge in [-0.2, -0.15) is 0 Å². The molecule has 0 unspecified atom stereocenters. The Morgan fingerprint density at radius 1 is 0.920 bits per heavy atom. The Labute approximate surface area is 300 Å². The first-order chi connectivity index (χ1) is 23.5. The SMILES string of the molecule is CCCCN(CCCC)CCCNC(=O)CCc1ccc2n1[B-](F)(F)[N+]1=C(/C=C/c3c(C(C)(C)C)ccc(C(C)(C)C)c3OC)C=C(C)C1=C2. The minimum Gasteiger partial charge on any atom is -0.496 e. The summed E-state index contributed by atoms with van der Waals surface area (Å²) in [4.78, 5) is 15.3. The first-order valence-corrected chi connectivity index (χ1v) is 18.7. The maximum atomic E-state index is 16.7. The number of fused-ring (bicyclic) bond motifs is 2. The molecular formula is C41H61BF2N4O2. The fraction of sp³-hybridized carbons (Fsp3) is 0.561. The molecule has 2 aliphatic heterocycles.